The maximum atomic E-state index is 11.9. The van der Waals surface area contributed by atoms with E-state index in [4.69, 9.17) is 0 Å². The molecule has 0 bridgehead atoms. The molecule has 19 heavy (non-hydrogen) atoms. The molecular formula is C14H19NO3S. The largest absolute Gasteiger partial charge is 0.480 e. The summed E-state index contributed by atoms with van der Waals surface area (Å²) in [6.45, 7) is 1.80. The van der Waals surface area contributed by atoms with Crippen LogP contribution in [0.3, 0.4) is 0 Å². The zero-order chi connectivity index (χ0) is 14.3. The Balaban J connectivity index is 2.64. The topological polar surface area (TPSA) is 66.4 Å². The van der Waals surface area contributed by atoms with Crippen molar-refractivity contribution in [2.45, 2.75) is 19.4 Å². The van der Waals surface area contributed by atoms with Crippen molar-refractivity contribution in [3.8, 4) is 0 Å². The van der Waals surface area contributed by atoms with Gasteiger partial charge in [0.2, 0.25) is 5.91 Å². The summed E-state index contributed by atoms with van der Waals surface area (Å²) in [7, 11) is 0. The fraction of sp³-hybridized carbons (Fsp3) is 0.429. The van der Waals surface area contributed by atoms with Crippen molar-refractivity contribution in [3.63, 3.8) is 0 Å². The average molecular weight is 281 g/mol. The molecule has 1 rings (SSSR count). The van der Waals surface area contributed by atoms with Crippen LogP contribution in [0.1, 0.15) is 12.5 Å². The van der Waals surface area contributed by atoms with Gasteiger partial charge in [-0.25, -0.2) is 4.79 Å². The number of carbonyl (C=O) groups is 2. The quantitative estimate of drug-likeness (QED) is 0.800. The van der Waals surface area contributed by atoms with Gasteiger partial charge >= 0.3 is 5.97 Å². The van der Waals surface area contributed by atoms with Crippen LogP contribution in [0.25, 0.3) is 0 Å². The van der Waals surface area contributed by atoms with E-state index < -0.39 is 12.0 Å². The lowest BCUT2D eigenvalue weighted by molar-refractivity contribution is -0.142. The summed E-state index contributed by atoms with van der Waals surface area (Å²) in [6.07, 6.45) is 2.22. The molecule has 0 spiro atoms. The second kappa shape index (κ2) is 7.84. The highest BCUT2D eigenvalue weighted by Crippen LogP contribution is 2.07. The van der Waals surface area contributed by atoms with Crippen molar-refractivity contribution in [2.24, 2.45) is 5.92 Å². The number of thioether (sulfide) groups is 1. The molecule has 5 heteroatoms. The number of rotatable bonds is 7. The Labute approximate surface area is 117 Å². The van der Waals surface area contributed by atoms with E-state index in [9.17, 15) is 14.7 Å². The first kappa shape index (κ1) is 15.6. The van der Waals surface area contributed by atoms with Crippen LogP contribution < -0.4 is 5.32 Å². The zero-order valence-corrected chi connectivity index (χ0v) is 11.9. The average Bonchev–Trinajstić information content (AvgIpc) is 2.39. The highest BCUT2D eigenvalue weighted by molar-refractivity contribution is 7.98. The molecule has 1 aromatic rings. The number of carboxylic acids is 1. The summed E-state index contributed by atoms with van der Waals surface area (Å²) < 4.78 is 0. The van der Waals surface area contributed by atoms with Gasteiger partial charge in [0, 0.05) is 18.1 Å². The smallest absolute Gasteiger partial charge is 0.326 e. The molecule has 1 amide bonds. The van der Waals surface area contributed by atoms with Crippen molar-refractivity contribution < 1.29 is 14.7 Å². The van der Waals surface area contributed by atoms with Gasteiger partial charge in [-0.05, 0) is 11.8 Å². The number of amides is 1. The van der Waals surface area contributed by atoms with E-state index in [0.29, 0.717) is 12.2 Å². The molecule has 2 atom stereocenters. The molecule has 1 unspecified atom stereocenters. The van der Waals surface area contributed by atoms with Crippen molar-refractivity contribution in [1.29, 1.82) is 0 Å². The third-order valence-corrected chi connectivity index (χ3v) is 3.59. The minimum Gasteiger partial charge on any atom is -0.480 e. The number of hydrogen-bond donors (Lipinski definition) is 2. The molecule has 0 aromatic heterocycles. The molecule has 0 aliphatic carbocycles. The van der Waals surface area contributed by atoms with E-state index in [1.54, 1.807) is 18.7 Å². The van der Waals surface area contributed by atoms with Gasteiger partial charge in [-0.15, -0.1) is 0 Å². The zero-order valence-electron chi connectivity index (χ0n) is 11.1. The van der Waals surface area contributed by atoms with Crippen LogP contribution in [-0.4, -0.2) is 35.0 Å². The van der Waals surface area contributed by atoms with Crippen LogP contribution in [-0.2, 0) is 16.0 Å². The number of carbonyl (C=O) groups excluding carboxylic acids is 1. The molecule has 0 saturated carbocycles. The number of carboxylic acid groups (broad SMARTS) is 1. The summed E-state index contributed by atoms with van der Waals surface area (Å²) in [5.41, 5.74) is 0.896. The summed E-state index contributed by atoms with van der Waals surface area (Å²) >= 11 is 1.57. The normalized spacial score (nSPS) is 13.6. The lowest BCUT2D eigenvalue weighted by Crippen LogP contribution is -2.44. The molecular weight excluding hydrogens is 262 g/mol. The number of benzene rings is 1. The molecule has 0 radical (unpaired) electrons. The number of hydrogen-bond acceptors (Lipinski definition) is 3. The van der Waals surface area contributed by atoms with E-state index >= 15 is 0 Å². The van der Waals surface area contributed by atoms with Gasteiger partial charge in [-0.3, -0.25) is 4.79 Å². The van der Waals surface area contributed by atoms with E-state index in [2.05, 4.69) is 5.32 Å². The first-order chi connectivity index (χ1) is 9.04. The van der Waals surface area contributed by atoms with Gasteiger partial charge in [-0.2, -0.15) is 11.8 Å². The van der Waals surface area contributed by atoms with Gasteiger partial charge in [0.1, 0.15) is 6.04 Å². The van der Waals surface area contributed by atoms with Crippen molar-refractivity contribution >= 4 is 23.6 Å². The summed E-state index contributed by atoms with van der Waals surface area (Å²) in [6, 6.07) is 8.41. The molecule has 2 N–H and O–H groups in total. The Morgan fingerprint density at radius 3 is 2.47 bits per heavy atom. The van der Waals surface area contributed by atoms with Gasteiger partial charge < -0.3 is 10.4 Å². The minimum absolute atomic E-state index is 0.187. The molecule has 1 aromatic carbocycles. The Morgan fingerprint density at radius 2 is 1.95 bits per heavy atom. The fourth-order valence-electron chi connectivity index (χ4n) is 1.69. The fourth-order valence-corrected chi connectivity index (χ4v) is 2.34. The monoisotopic (exact) mass is 281 g/mol. The van der Waals surface area contributed by atoms with Crippen molar-refractivity contribution in [2.75, 3.05) is 12.0 Å². The second-order valence-electron chi connectivity index (χ2n) is 4.45. The highest BCUT2D eigenvalue weighted by atomic mass is 32.2. The second-order valence-corrected chi connectivity index (χ2v) is 5.36. The summed E-state index contributed by atoms with van der Waals surface area (Å²) in [5.74, 6) is -0.720. The van der Waals surface area contributed by atoms with Crippen LogP contribution in [0.5, 0.6) is 0 Å². The molecule has 0 fully saturated rings. The first-order valence-corrected chi connectivity index (χ1v) is 7.50. The van der Waals surface area contributed by atoms with Crippen LogP contribution in [0.15, 0.2) is 30.3 Å². The van der Waals surface area contributed by atoms with Gasteiger partial charge in [0.15, 0.2) is 0 Å². The molecule has 0 aliphatic heterocycles. The third kappa shape index (κ3) is 5.34. The Morgan fingerprint density at radius 1 is 1.32 bits per heavy atom. The lowest BCUT2D eigenvalue weighted by atomic mass is 10.1. The summed E-state index contributed by atoms with van der Waals surface area (Å²) in [5, 5.41) is 11.8. The van der Waals surface area contributed by atoms with Crippen LogP contribution >= 0.6 is 11.8 Å². The number of nitrogens with one attached hydrogen (secondary N) is 1. The van der Waals surface area contributed by atoms with E-state index in [1.807, 2.05) is 36.6 Å². The molecule has 104 valence electrons. The van der Waals surface area contributed by atoms with Gasteiger partial charge in [0.25, 0.3) is 0 Å². The predicted octanol–water partition coefficient (Wildman–Crippen LogP) is 1.80. The van der Waals surface area contributed by atoms with Crippen LogP contribution in [0, 0.1) is 5.92 Å². The highest BCUT2D eigenvalue weighted by Gasteiger charge is 2.22. The lowest BCUT2D eigenvalue weighted by Gasteiger charge is -2.17. The molecule has 4 nitrogen and oxygen atoms in total. The Hall–Kier alpha value is -1.49. The third-order valence-electron chi connectivity index (χ3n) is 2.76. The molecule has 0 heterocycles. The standard InChI is InChI=1S/C14H19NO3S/c1-10(9-19-2)13(16)15-12(14(17)18)8-11-6-4-3-5-7-11/h3-7,10,12H,8-9H2,1-2H3,(H,15,16)(H,17,18)/t10?,12-/m0/s1. The van der Waals surface area contributed by atoms with Crippen molar-refractivity contribution in [3.05, 3.63) is 35.9 Å². The van der Waals surface area contributed by atoms with E-state index in [-0.39, 0.29) is 11.8 Å². The van der Waals surface area contributed by atoms with Gasteiger partial charge in [0.05, 0.1) is 0 Å². The number of aliphatic carboxylic acids is 1. The maximum absolute atomic E-state index is 11.9. The van der Waals surface area contributed by atoms with Crippen LogP contribution in [0.2, 0.25) is 0 Å². The van der Waals surface area contributed by atoms with E-state index in [0.717, 1.165) is 5.56 Å². The SMILES string of the molecule is CSCC(C)C(=O)N[C@@H](Cc1ccccc1)C(=O)O. The van der Waals surface area contributed by atoms with Gasteiger partial charge in [-0.1, -0.05) is 37.3 Å². The molecule has 0 saturated heterocycles. The maximum Gasteiger partial charge on any atom is 0.326 e. The van der Waals surface area contributed by atoms with Crippen LogP contribution in [0.4, 0.5) is 0 Å². The predicted molar refractivity (Wildman–Crippen MR) is 77.3 cm³/mol. The van der Waals surface area contributed by atoms with Crippen molar-refractivity contribution in [1.82, 2.24) is 5.32 Å². The first-order valence-electron chi connectivity index (χ1n) is 6.10. The minimum atomic E-state index is -1.01. The summed E-state index contributed by atoms with van der Waals surface area (Å²) in [4.78, 5) is 23.1. The van der Waals surface area contributed by atoms with E-state index in [1.165, 1.54) is 0 Å². The molecule has 0 aliphatic rings. The Kier molecular flexibility index (Phi) is 6.42. The Bertz CT molecular complexity index is 422.